The maximum atomic E-state index is 12.6. The molecule has 2 heterocycles. The zero-order valence-corrected chi connectivity index (χ0v) is 19.5. The van der Waals surface area contributed by atoms with Gasteiger partial charge in [0.2, 0.25) is 5.91 Å². The topological polar surface area (TPSA) is 109 Å². The molecule has 8 nitrogen and oxygen atoms in total. The summed E-state index contributed by atoms with van der Waals surface area (Å²) in [4.78, 5) is 29.5. The molecule has 4 aromatic rings. The lowest BCUT2D eigenvalue weighted by molar-refractivity contribution is -0.122. The highest BCUT2D eigenvalue weighted by atomic mass is 16.3. The summed E-state index contributed by atoms with van der Waals surface area (Å²) in [7, 11) is 1.95. The first-order valence-corrected chi connectivity index (χ1v) is 11.8. The van der Waals surface area contributed by atoms with Gasteiger partial charge in [-0.3, -0.25) is 9.59 Å². The Bertz CT molecular complexity index is 1420. The maximum absolute atomic E-state index is 12.6. The number of amides is 1. The smallest absolute Gasteiger partial charge is 0.228 e. The Kier molecular flexibility index (Phi) is 6.22. The van der Waals surface area contributed by atoms with E-state index in [1.807, 2.05) is 44.2 Å². The number of fused-ring (bicyclic) bond motifs is 2. The molecule has 5 rings (SSSR count). The zero-order valence-electron chi connectivity index (χ0n) is 19.5. The average Bonchev–Trinajstić information content (AvgIpc) is 3.41. The minimum absolute atomic E-state index is 0.0330. The number of nitrogens with one attached hydrogen (secondary N) is 2. The van der Waals surface area contributed by atoms with Crippen molar-refractivity contribution in [3.63, 3.8) is 0 Å². The highest BCUT2D eigenvalue weighted by Gasteiger charge is 2.33. The number of hydrogen-bond donors (Lipinski definition) is 3. The molecule has 9 heteroatoms. The summed E-state index contributed by atoms with van der Waals surface area (Å²) in [5.41, 5.74) is 4.49. The van der Waals surface area contributed by atoms with E-state index in [4.69, 9.17) is 4.98 Å². The molecule has 1 aliphatic rings. The van der Waals surface area contributed by atoms with Crippen molar-refractivity contribution >= 4 is 36.5 Å². The molecule has 0 radical (unpaired) electrons. The van der Waals surface area contributed by atoms with E-state index >= 15 is 0 Å². The molecule has 2 aromatic heterocycles. The predicted molar refractivity (Wildman–Crippen MR) is 137 cm³/mol. The molecule has 0 aliphatic heterocycles. The third-order valence-electron chi connectivity index (χ3n) is 6.38. The SMILES string of the molecule is Bc1cnn2c(NCCCCNC(=O)C3CC(=O)c4ccccc43)cc(-c3ccccc3O)nc12. The van der Waals surface area contributed by atoms with Crippen LogP contribution in [0.2, 0.25) is 0 Å². The summed E-state index contributed by atoms with van der Waals surface area (Å²) in [6, 6.07) is 16.4. The Morgan fingerprint density at radius 1 is 1.09 bits per heavy atom. The number of para-hydroxylation sites is 1. The van der Waals surface area contributed by atoms with Crippen molar-refractivity contribution in [1.29, 1.82) is 0 Å². The van der Waals surface area contributed by atoms with Crippen molar-refractivity contribution in [3.8, 4) is 17.0 Å². The van der Waals surface area contributed by atoms with Gasteiger partial charge in [0.15, 0.2) is 11.4 Å². The fourth-order valence-corrected chi connectivity index (χ4v) is 4.52. The van der Waals surface area contributed by atoms with E-state index in [9.17, 15) is 14.7 Å². The normalized spacial score (nSPS) is 14.7. The first kappa shape index (κ1) is 22.6. The second kappa shape index (κ2) is 9.62. The number of phenols is 1. The number of anilines is 1. The quantitative estimate of drug-likeness (QED) is 0.270. The third kappa shape index (κ3) is 4.49. The number of unbranched alkanes of at least 4 members (excludes halogenated alkanes) is 1. The van der Waals surface area contributed by atoms with Crippen LogP contribution in [0.4, 0.5) is 5.82 Å². The van der Waals surface area contributed by atoms with E-state index < -0.39 is 5.92 Å². The van der Waals surface area contributed by atoms with Crippen LogP contribution in [0.5, 0.6) is 5.75 Å². The van der Waals surface area contributed by atoms with Gasteiger partial charge in [0.1, 0.15) is 19.4 Å². The van der Waals surface area contributed by atoms with Gasteiger partial charge >= 0.3 is 0 Å². The lowest BCUT2D eigenvalue weighted by atomic mass is 10.0. The van der Waals surface area contributed by atoms with E-state index in [-0.39, 0.29) is 23.9 Å². The predicted octanol–water partition coefficient (Wildman–Crippen LogP) is 2.04. The number of nitrogens with zero attached hydrogens (tertiary/aromatic N) is 3. The Morgan fingerprint density at radius 3 is 2.66 bits per heavy atom. The van der Waals surface area contributed by atoms with Gasteiger partial charge in [-0.25, -0.2) is 4.98 Å². The number of benzene rings is 2. The standard InChI is InChI=1S/C26H26BN5O3/c27-20-15-30-32-24(14-21(31-25(20)32)18-9-3-4-10-22(18)33)28-11-5-6-12-29-26(35)19-13-23(34)17-8-2-1-7-16(17)19/h1-4,7-10,14-15,19,28,33H,5-6,11-13,27H2,(H,29,35). The Morgan fingerprint density at radius 2 is 1.83 bits per heavy atom. The van der Waals surface area contributed by atoms with Gasteiger partial charge in [0.05, 0.1) is 11.6 Å². The zero-order chi connectivity index (χ0) is 24.4. The molecule has 3 N–H and O–H groups in total. The Balaban J connectivity index is 1.18. The molecule has 0 fully saturated rings. The number of hydrogen-bond acceptors (Lipinski definition) is 6. The van der Waals surface area contributed by atoms with Gasteiger partial charge < -0.3 is 15.7 Å². The van der Waals surface area contributed by atoms with E-state index in [0.29, 0.717) is 29.9 Å². The van der Waals surface area contributed by atoms with E-state index in [1.54, 1.807) is 28.9 Å². The second-order valence-corrected chi connectivity index (χ2v) is 8.80. The summed E-state index contributed by atoms with van der Waals surface area (Å²) >= 11 is 0. The summed E-state index contributed by atoms with van der Waals surface area (Å²) in [6.07, 6.45) is 3.63. The highest BCUT2D eigenvalue weighted by molar-refractivity contribution is 6.36. The minimum atomic E-state index is -0.391. The molecule has 176 valence electrons. The van der Waals surface area contributed by atoms with E-state index in [1.165, 1.54) is 0 Å². The van der Waals surface area contributed by atoms with Gasteiger partial charge in [0.25, 0.3) is 0 Å². The van der Waals surface area contributed by atoms with Crippen LogP contribution in [0.25, 0.3) is 16.9 Å². The molecule has 35 heavy (non-hydrogen) atoms. The van der Waals surface area contributed by atoms with Crippen molar-refractivity contribution in [2.75, 3.05) is 18.4 Å². The van der Waals surface area contributed by atoms with Crippen molar-refractivity contribution in [2.45, 2.75) is 25.2 Å². The van der Waals surface area contributed by atoms with Gasteiger partial charge in [-0.1, -0.05) is 36.4 Å². The van der Waals surface area contributed by atoms with Crippen LogP contribution in [-0.4, -0.2) is 52.3 Å². The summed E-state index contributed by atoms with van der Waals surface area (Å²) in [6.45, 7) is 1.22. The van der Waals surface area contributed by atoms with Gasteiger partial charge in [0, 0.05) is 42.9 Å². The number of aromatic nitrogens is 3. The summed E-state index contributed by atoms with van der Waals surface area (Å²) < 4.78 is 1.76. The third-order valence-corrected chi connectivity index (χ3v) is 6.38. The molecule has 0 spiro atoms. The maximum Gasteiger partial charge on any atom is 0.228 e. The molecular weight excluding hydrogens is 441 g/mol. The van der Waals surface area contributed by atoms with Crippen LogP contribution in [0.3, 0.4) is 0 Å². The number of ketones is 1. The fourth-order valence-electron chi connectivity index (χ4n) is 4.52. The summed E-state index contributed by atoms with van der Waals surface area (Å²) in [5, 5.41) is 21.1. The van der Waals surface area contributed by atoms with Crippen LogP contribution in [-0.2, 0) is 4.79 Å². The van der Waals surface area contributed by atoms with Gasteiger partial charge in [-0.05, 0) is 36.0 Å². The van der Waals surface area contributed by atoms with Gasteiger partial charge in [-0.2, -0.15) is 9.61 Å². The Hall–Kier alpha value is -4.14. The first-order valence-electron chi connectivity index (χ1n) is 11.8. The number of phenolic OH excluding ortho intramolecular Hbond substituents is 1. The number of rotatable bonds is 8. The molecule has 0 bridgehead atoms. The lowest BCUT2D eigenvalue weighted by Gasteiger charge is -2.13. The molecule has 0 saturated carbocycles. The molecule has 1 unspecified atom stereocenters. The highest BCUT2D eigenvalue weighted by Crippen LogP contribution is 2.33. The number of Topliss-reactive ketones (excluding diaryl/α,β-unsaturated/α-hetero) is 1. The molecular formula is C26H26BN5O3. The monoisotopic (exact) mass is 467 g/mol. The molecule has 1 atom stereocenters. The molecule has 1 amide bonds. The largest absolute Gasteiger partial charge is 0.507 e. The van der Waals surface area contributed by atoms with Crippen LogP contribution < -0.4 is 16.1 Å². The number of carbonyl (C=O) groups excluding carboxylic acids is 2. The van der Waals surface area contributed by atoms with Crippen molar-refractivity contribution in [3.05, 3.63) is 71.9 Å². The average molecular weight is 467 g/mol. The second-order valence-electron chi connectivity index (χ2n) is 8.80. The van der Waals surface area contributed by atoms with Crippen LogP contribution in [0.1, 0.15) is 41.1 Å². The van der Waals surface area contributed by atoms with Crippen molar-refractivity contribution < 1.29 is 14.7 Å². The lowest BCUT2D eigenvalue weighted by Crippen LogP contribution is -2.29. The van der Waals surface area contributed by atoms with Crippen LogP contribution in [0, 0.1) is 0 Å². The van der Waals surface area contributed by atoms with Crippen LogP contribution >= 0.6 is 0 Å². The van der Waals surface area contributed by atoms with E-state index in [2.05, 4.69) is 15.7 Å². The summed E-state index contributed by atoms with van der Waals surface area (Å²) in [5.74, 6) is 0.510. The number of aromatic hydroxyl groups is 1. The number of carbonyl (C=O) groups is 2. The molecule has 2 aromatic carbocycles. The Labute approximate surface area is 203 Å². The van der Waals surface area contributed by atoms with Gasteiger partial charge in [-0.15, -0.1) is 0 Å². The molecule has 0 saturated heterocycles. The minimum Gasteiger partial charge on any atom is -0.507 e. The van der Waals surface area contributed by atoms with E-state index in [0.717, 1.165) is 35.3 Å². The van der Waals surface area contributed by atoms with Crippen molar-refractivity contribution in [2.24, 2.45) is 0 Å². The first-order chi connectivity index (χ1) is 17.0. The molecule has 1 aliphatic carbocycles. The van der Waals surface area contributed by atoms with Crippen molar-refractivity contribution in [1.82, 2.24) is 19.9 Å². The fraction of sp³-hybridized carbons (Fsp3) is 0.231. The van der Waals surface area contributed by atoms with Crippen LogP contribution in [0.15, 0.2) is 60.8 Å².